The zero-order valence-corrected chi connectivity index (χ0v) is 17.5. The van der Waals surface area contributed by atoms with Crippen LogP contribution in [0, 0.1) is 25.5 Å². The van der Waals surface area contributed by atoms with Crippen molar-refractivity contribution < 1.29 is 23.2 Å². The maximum Gasteiger partial charge on any atom is 0.325 e. The van der Waals surface area contributed by atoms with Crippen LogP contribution in [-0.2, 0) is 10.3 Å². The van der Waals surface area contributed by atoms with Gasteiger partial charge in [-0.25, -0.2) is 13.6 Å². The van der Waals surface area contributed by atoms with Gasteiger partial charge >= 0.3 is 6.03 Å². The Bertz CT molecular complexity index is 1180. The van der Waals surface area contributed by atoms with E-state index in [1.165, 1.54) is 48.5 Å². The minimum Gasteiger partial charge on any atom is -0.315 e. The summed E-state index contributed by atoms with van der Waals surface area (Å²) in [6, 6.07) is 14.8. The molecule has 1 aliphatic heterocycles. The number of aryl methyl sites for hydroxylation is 2. The van der Waals surface area contributed by atoms with Gasteiger partial charge in [0.05, 0.1) is 6.54 Å². The summed E-state index contributed by atoms with van der Waals surface area (Å²) < 4.78 is 27.1. The molecule has 4 rings (SSSR count). The van der Waals surface area contributed by atoms with Crippen LogP contribution in [0.25, 0.3) is 0 Å². The number of Topliss-reactive ketones (excluding diaryl/α,β-unsaturated/α-hetero) is 1. The van der Waals surface area contributed by atoms with Gasteiger partial charge in [0.1, 0.15) is 11.6 Å². The van der Waals surface area contributed by atoms with E-state index in [-0.39, 0.29) is 5.78 Å². The molecule has 162 valence electrons. The lowest BCUT2D eigenvalue weighted by molar-refractivity contribution is -0.129. The number of hydrogen-bond donors (Lipinski definition) is 1. The summed E-state index contributed by atoms with van der Waals surface area (Å²) in [4.78, 5) is 40.3. The number of rotatable bonds is 5. The number of carbonyl (C=O) groups is 3. The molecule has 1 fully saturated rings. The summed E-state index contributed by atoms with van der Waals surface area (Å²) in [7, 11) is 0. The Morgan fingerprint density at radius 2 is 1.41 bits per heavy atom. The van der Waals surface area contributed by atoms with E-state index in [4.69, 9.17) is 0 Å². The number of ketones is 1. The van der Waals surface area contributed by atoms with Crippen LogP contribution in [0.4, 0.5) is 13.6 Å². The second-order valence-electron chi connectivity index (χ2n) is 7.83. The van der Waals surface area contributed by atoms with E-state index in [0.29, 0.717) is 16.7 Å². The number of amides is 3. The third-order valence-corrected chi connectivity index (χ3v) is 5.66. The smallest absolute Gasteiger partial charge is 0.315 e. The Labute approximate surface area is 183 Å². The minimum absolute atomic E-state index is 0.297. The molecule has 7 heteroatoms. The van der Waals surface area contributed by atoms with Gasteiger partial charge in [-0.3, -0.25) is 14.5 Å². The Kier molecular flexibility index (Phi) is 5.34. The van der Waals surface area contributed by atoms with Crippen molar-refractivity contribution in [2.24, 2.45) is 0 Å². The van der Waals surface area contributed by atoms with Crippen molar-refractivity contribution in [3.05, 3.63) is 106 Å². The molecule has 0 atom stereocenters. The third kappa shape index (κ3) is 3.56. The van der Waals surface area contributed by atoms with Gasteiger partial charge in [-0.2, -0.15) is 0 Å². The number of halogens is 2. The number of carbonyl (C=O) groups excluding carboxylic acids is 3. The van der Waals surface area contributed by atoms with E-state index in [9.17, 15) is 23.2 Å². The van der Waals surface area contributed by atoms with Crippen LogP contribution in [0.15, 0.2) is 66.7 Å². The van der Waals surface area contributed by atoms with E-state index in [0.717, 1.165) is 16.0 Å². The molecule has 1 saturated heterocycles. The summed E-state index contributed by atoms with van der Waals surface area (Å²) in [6.45, 7) is 3.16. The van der Waals surface area contributed by atoms with Crippen molar-refractivity contribution in [2.75, 3.05) is 6.54 Å². The SMILES string of the molecule is Cc1ccc(C)c(C(=O)CN2C(=O)NC(c3ccc(F)cc3)(c3ccc(F)cc3)C2=O)c1. The van der Waals surface area contributed by atoms with Crippen molar-refractivity contribution >= 4 is 17.7 Å². The molecule has 0 saturated carbocycles. The van der Waals surface area contributed by atoms with Crippen LogP contribution in [0.3, 0.4) is 0 Å². The summed E-state index contributed by atoms with van der Waals surface area (Å²) in [5.74, 6) is -2.11. The standard InChI is InChI=1S/C25H20F2N2O3/c1-15-3-4-16(2)21(13-15)22(30)14-29-23(31)25(28-24(29)32,17-5-9-19(26)10-6-17)18-7-11-20(27)12-8-18/h3-13H,14H2,1-2H3,(H,28,32). The Morgan fingerprint density at radius 1 is 0.875 bits per heavy atom. The fourth-order valence-corrected chi connectivity index (χ4v) is 3.94. The first-order valence-corrected chi connectivity index (χ1v) is 9.99. The van der Waals surface area contributed by atoms with Crippen LogP contribution in [0.1, 0.15) is 32.6 Å². The Hall–Kier alpha value is -3.87. The first-order chi connectivity index (χ1) is 15.2. The molecular formula is C25H20F2N2O3. The van der Waals surface area contributed by atoms with Crippen molar-refractivity contribution in [2.45, 2.75) is 19.4 Å². The van der Waals surface area contributed by atoms with Crippen molar-refractivity contribution in [3.63, 3.8) is 0 Å². The molecule has 1 N–H and O–H groups in total. The largest absolute Gasteiger partial charge is 0.325 e. The maximum atomic E-state index is 13.6. The normalized spacial score (nSPS) is 15.1. The van der Waals surface area contributed by atoms with Gasteiger partial charge in [0.2, 0.25) is 0 Å². The molecule has 3 aromatic rings. The lowest BCUT2D eigenvalue weighted by Crippen LogP contribution is -2.45. The van der Waals surface area contributed by atoms with Gasteiger partial charge in [-0.1, -0.05) is 42.0 Å². The lowest BCUT2D eigenvalue weighted by atomic mass is 9.82. The zero-order chi connectivity index (χ0) is 23.0. The fourth-order valence-electron chi connectivity index (χ4n) is 3.94. The molecule has 5 nitrogen and oxygen atoms in total. The van der Waals surface area contributed by atoms with Gasteiger partial charge in [-0.05, 0) is 60.9 Å². The predicted molar refractivity (Wildman–Crippen MR) is 114 cm³/mol. The van der Waals surface area contributed by atoms with E-state index >= 15 is 0 Å². The molecule has 0 unspecified atom stereocenters. The summed E-state index contributed by atoms with van der Waals surface area (Å²) in [6.07, 6.45) is 0. The van der Waals surface area contributed by atoms with Crippen LogP contribution >= 0.6 is 0 Å². The molecule has 1 heterocycles. The maximum absolute atomic E-state index is 13.6. The third-order valence-electron chi connectivity index (χ3n) is 5.66. The molecule has 1 aliphatic rings. The highest BCUT2D eigenvalue weighted by molar-refractivity contribution is 6.13. The topological polar surface area (TPSA) is 66.5 Å². The van der Waals surface area contributed by atoms with Crippen molar-refractivity contribution in [1.82, 2.24) is 10.2 Å². The number of imide groups is 1. The summed E-state index contributed by atoms with van der Waals surface area (Å²) in [5, 5.41) is 2.66. The van der Waals surface area contributed by atoms with Gasteiger partial charge in [-0.15, -0.1) is 0 Å². The second kappa shape index (κ2) is 8.00. The first kappa shape index (κ1) is 21.4. The van der Waals surface area contributed by atoms with E-state index in [2.05, 4.69) is 5.32 Å². The highest BCUT2D eigenvalue weighted by Gasteiger charge is 2.54. The molecule has 32 heavy (non-hydrogen) atoms. The van der Waals surface area contributed by atoms with Gasteiger partial charge < -0.3 is 5.32 Å². The van der Waals surface area contributed by atoms with E-state index in [1.54, 1.807) is 19.1 Å². The Morgan fingerprint density at radius 3 is 1.94 bits per heavy atom. The van der Waals surface area contributed by atoms with Crippen molar-refractivity contribution in [3.8, 4) is 0 Å². The molecule has 0 bridgehead atoms. The average Bonchev–Trinajstić information content (AvgIpc) is 3.02. The highest BCUT2D eigenvalue weighted by atomic mass is 19.1. The number of urea groups is 1. The van der Waals surface area contributed by atoms with Crippen molar-refractivity contribution in [1.29, 1.82) is 0 Å². The monoisotopic (exact) mass is 434 g/mol. The summed E-state index contributed by atoms with van der Waals surface area (Å²) in [5.41, 5.74) is 0.919. The molecular weight excluding hydrogens is 414 g/mol. The number of benzene rings is 3. The first-order valence-electron chi connectivity index (χ1n) is 9.99. The average molecular weight is 434 g/mol. The number of hydrogen-bond acceptors (Lipinski definition) is 3. The van der Waals surface area contributed by atoms with Crippen LogP contribution < -0.4 is 5.32 Å². The van der Waals surface area contributed by atoms with E-state index in [1.807, 2.05) is 13.0 Å². The van der Waals surface area contributed by atoms with Crippen LogP contribution in [0.2, 0.25) is 0 Å². The molecule has 0 radical (unpaired) electrons. The van der Waals surface area contributed by atoms with E-state index < -0.39 is 35.7 Å². The Balaban J connectivity index is 1.76. The van der Waals surface area contributed by atoms with Crippen LogP contribution in [0.5, 0.6) is 0 Å². The quantitative estimate of drug-likeness (QED) is 0.482. The molecule has 3 aromatic carbocycles. The molecule has 0 spiro atoms. The van der Waals surface area contributed by atoms with Crippen LogP contribution in [-0.4, -0.2) is 29.2 Å². The van der Waals surface area contributed by atoms with Gasteiger partial charge in [0.15, 0.2) is 11.3 Å². The molecule has 0 aromatic heterocycles. The zero-order valence-electron chi connectivity index (χ0n) is 17.5. The molecule has 0 aliphatic carbocycles. The number of nitrogens with zero attached hydrogens (tertiary/aromatic N) is 1. The minimum atomic E-state index is -1.71. The number of nitrogens with one attached hydrogen (secondary N) is 1. The predicted octanol–water partition coefficient (Wildman–Crippen LogP) is 4.26. The second-order valence-corrected chi connectivity index (χ2v) is 7.83. The summed E-state index contributed by atoms with van der Waals surface area (Å²) >= 11 is 0. The molecule has 3 amide bonds. The van der Waals surface area contributed by atoms with Gasteiger partial charge in [0.25, 0.3) is 5.91 Å². The fraction of sp³-hybridized carbons (Fsp3) is 0.160. The van der Waals surface area contributed by atoms with Gasteiger partial charge in [0, 0.05) is 5.56 Å². The highest BCUT2D eigenvalue weighted by Crippen LogP contribution is 2.36. The lowest BCUT2D eigenvalue weighted by Gasteiger charge is -2.28.